The predicted molar refractivity (Wildman–Crippen MR) is 48.7 cm³/mol. The minimum absolute atomic E-state index is 0.180. The minimum Gasteiger partial charge on any atom is -0.422 e. The van der Waals surface area contributed by atoms with Gasteiger partial charge in [-0.3, -0.25) is 4.98 Å². The average Bonchev–Trinajstić information content (AvgIpc) is 2.70. The Labute approximate surface area is 81.4 Å². The monoisotopic (exact) mass is 195 g/mol. The van der Waals surface area contributed by atoms with Gasteiger partial charge in [0.15, 0.2) is 6.29 Å². The largest absolute Gasteiger partial charge is 0.508 e. The van der Waals surface area contributed by atoms with Crippen molar-refractivity contribution in [1.82, 2.24) is 4.98 Å². The SMILES string of the molecule is OB(O)c1ncccc1C1OCCO1. The van der Waals surface area contributed by atoms with E-state index in [0.29, 0.717) is 18.8 Å². The Morgan fingerprint density at radius 3 is 2.71 bits per heavy atom. The van der Waals surface area contributed by atoms with E-state index in [1.54, 1.807) is 12.1 Å². The first-order valence-corrected chi connectivity index (χ1v) is 4.33. The maximum absolute atomic E-state index is 9.05. The smallest absolute Gasteiger partial charge is 0.422 e. The van der Waals surface area contributed by atoms with Gasteiger partial charge in [0.25, 0.3) is 0 Å². The zero-order valence-corrected chi connectivity index (χ0v) is 7.46. The number of pyridine rings is 1. The van der Waals surface area contributed by atoms with Gasteiger partial charge in [0.05, 0.1) is 18.8 Å². The third-order valence-corrected chi connectivity index (χ3v) is 1.99. The van der Waals surface area contributed by atoms with E-state index in [9.17, 15) is 0 Å². The Bertz CT molecular complexity index is 314. The van der Waals surface area contributed by atoms with Crippen LogP contribution < -0.4 is 5.59 Å². The first kappa shape index (κ1) is 9.60. The maximum atomic E-state index is 9.05. The molecule has 5 nitrogen and oxygen atoms in total. The van der Waals surface area contributed by atoms with Gasteiger partial charge in [0, 0.05) is 11.8 Å². The van der Waals surface area contributed by atoms with Gasteiger partial charge in [0.2, 0.25) is 0 Å². The van der Waals surface area contributed by atoms with Crippen LogP contribution in [0, 0.1) is 0 Å². The Morgan fingerprint density at radius 1 is 1.36 bits per heavy atom. The Hall–Kier alpha value is -0.945. The second-order valence-electron chi connectivity index (χ2n) is 2.93. The summed E-state index contributed by atoms with van der Waals surface area (Å²) >= 11 is 0. The van der Waals surface area contributed by atoms with Crippen molar-refractivity contribution in [2.75, 3.05) is 13.2 Å². The second-order valence-corrected chi connectivity index (χ2v) is 2.93. The molecule has 1 aliphatic rings. The number of hydrogen-bond acceptors (Lipinski definition) is 5. The lowest BCUT2D eigenvalue weighted by Crippen LogP contribution is -2.36. The quantitative estimate of drug-likeness (QED) is 0.580. The molecule has 0 aromatic carbocycles. The van der Waals surface area contributed by atoms with E-state index in [1.807, 2.05) is 0 Å². The van der Waals surface area contributed by atoms with Crippen LogP contribution in [0.4, 0.5) is 0 Å². The highest BCUT2D eigenvalue weighted by Crippen LogP contribution is 2.20. The van der Waals surface area contributed by atoms with Crippen molar-refractivity contribution in [3.8, 4) is 0 Å². The summed E-state index contributed by atoms with van der Waals surface area (Å²) in [4.78, 5) is 3.86. The molecule has 0 spiro atoms. The topological polar surface area (TPSA) is 71.8 Å². The molecular formula is C8H10BNO4. The molecule has 0 atom stereocenters. The lowest BCUT2D eigenvalue weighted by molar-refractivity contribution is -0.0436. The summed E-state index contributed by atoms with van der Waals surface area (Å²) < 4.78 is 10.5. The first-order chi connectivity index (χ1) is 6.79. The van der Waals surface area contributed by atoms with Crippen LogP contribution in [0.15, 0.2) is 18.3 Å². The molecule has 2 heterocycles. The van der Waals surface area contributed by atoms with E-state index < -0.39 is 13.4 Å². The summed E-state index contributed by atoms with van der Waals surface area (Å²) in [6.07, 6.45) is 0.966. The van der Waals surface area contributed by atoms with E-state index in [2.05, 4.69) is 4.98 Å². The van der Waals surface area contributed by atoms with Gasteiger partial charge in [-0.15, -0.1) is 0 Å². The fraction of sp³-hybridized carbons (Fsp3) is 0.375. The van der Waals surface area contributed by atoms with Gasteiger partial charge in [-0.1, -0.05) is 6.07 Å². The maximum Gasteiger partial charge on any atom is 0.508 e. The van der Waals surface area contributed by atoms with E-state index in [0.717, 1.165) is 0 Å². The summed E-state index contributed by atoms with van der Waals surface area (Å²) in [6, 6.07) is 3.41. The van der Waals surface area contributed by atoms with Crippen molar-refractivity contribution in [3.05, 3.63) is 23.9 Å². The molecule has 0 amide bonds. The summed E-state index contributed by atoms with van der Waals surface area (Å²) in [5.74, 6) is 0. The van der Waals surface area contributed by atoms with Crippen LogP contribution in [0.2, 0.25) is 0 Å². The van der Waals surface area contributed by atoms with Crippen molar-refractivity contribution in [2.24, 2.45) is 0 Å². The molecule has 0 saturated carbocycles. The second kappa shape index (κ2) is 4.06. The molecule has 0 aliphatic carbocycles. The highest BCUT2D eigenvalue weighted by molar-refractivity contribution is 6.58. The highest BCUT2D eigenvalue weighted by atomic mass is 16.7. The van der Waals surface area contributed by atoms with Gasteiger partial charge < -0.3 is 19.5 Å². The molecule has 74 valence electrons. The Kier molecular flexibility index (Phi) is 2.78. The zero-order valence-electron chi connectivity index (χ0n) is 7.46. The zero-order chi connectivity index (χ0) is 9.97. The molecule has 1 aromatic heterocycles. The molecular weight excluding hydrogens is 185 g/mol. The Balaban J connectivity index is 2.30. The van der Waals surface area contributed by atoms with Gasteiger partial charge >= 0.3 is 7.12 Å². The van der Waals surface area contributed by atoms with Gasteiger partial charge in [-0.2, -0.15) is 0 Å². The normalized spacial score (nSPS) is 17.3. The highest BCUT2D eigenvalue weighted by Gasteiger charge is 2.26. The minimum atomic E-state index is -1.60. The van der Waals surface area contributed by atoms with Crippen LogP contribution in [-0.2, 0) is 9.47 Å². The molecule has 1 aromatic rings. The molecule has 14 heavy (non-hydrogen) atoms. The first-order valence-electron chi connectivity index (χ1n) is 4.33. The molecule has 0 bridgehead atoms. The van der Waals surface area contributed by atoms with E-state index in [1.165, 1.54) is 6.20 Å². The van der Waals surface area contributed by atoms with Crippen LogP contribution in [0.3, 0.4) is 0 Å². The average molecular weight is 195 g/mol. The molecule has 2 rings (SSSR count). The van der Waals surface area contributed by atoms with E-state index in [-0.39, 0.29) is 5.59 Å². The number of nitrogens with zero attached hydrogens (tertiary/aromatic N) is 1. The van der Waals surface area contributed by atoms with Gasteiger partial charge in [-0.05, 0) is 6.07 Å². The molecule has 1 saturated heterocycles. The molecule has 0 unspecified atom stereocenters. The van der Waals surface area contributed by atoms with Crippen molar-refractivity contribution in [1.29, 1.82) is 0 Å². The van der Waals surface area contributed by atoms with E-state index >= 15 is 0 Å². The van der Waals surface area contributed by atoms with Crippen LogP contribution in [0.1, 0.15) is 11.9 Å². The predicted octanol–water partition coefficient (Wildman–Crippen LogP) is -1.19. The number of rotatable bonds is 2. The van der Waals surface area contributed by atoms with Crippen molar-refractivity contribution >= 4 is 12.7 Å². The molecule has 2 N–H and O–H groups in total. The van der Waals surface area contributed by atoms with Gasteiger partial charge in [0.1, 0.15) is 0 Å². The number of aromatic nitrogens is 1. The summed E-state index contributed by atoms with van der Waals surface area (Å²) in [6.45, 7) is 1.03. The molecule has 6 heteroatoms. The fourth-order valence-electron chi connectivity index (χ4n) is 1.38. The summed E-state index contributed by atoms with van der Waals surface area (Å²) in [7, 11) is -1.60. The van der Waals surface area contributed by atoms with Crippen molar-refractivity contribution in [2.45, 2.75) is 6.29 Å². The van der Waals surface area contributed by atoms with Crippen LogP contribution in [0.5, 0.6) is 0 Å². The van der Waals surface area contributed by atoms with Crippen molar-refractivity contribution < 1.29 is 19.5 Å². The standard InChI is InChI=1S/C8H10BNO4/c11-9(12)7-6(2-1-3-10-7)8-13-4-5-14-8/h1-3,8,11-12H,4-5H2. The van der Waals surface area contributed by atoms with Crippen molar-refractivity contribution in [3.63, 3.8) is 0 Å². The number of hydrogen-bond donors (Lipinski definition) is 2. The third kappa shape index (κ3) is 1.78. The summed E-state index contributed by atoms with van der Waals surface area (Å²) in [5, 5.41) is 18.1. The van der Waals surface area contributed by atoms with Crippen LogP contribution in [-0.4, -0.2) is 35.4 Å². The van der Waals surface area contributed by atoms with E-state index in [4.69, 9.17) is 19.5 Å². The molecule has 1 fully saturated rings. The third-order valence-electron chi connectivity index (χ3n) is 1.99. The fourth-order valence-corrected chi connectivity index (χ4v) is 1.38. The van der Waals surface area contributed by atoms with Crippen LogP contribution in [0.25, 0.3) is 0 Å². The van der Waals surface area contributed by atoms with Gasteiger partial charge in [-0.25, -0.2) is 0 Å². The summed E-state index contributed by atoms with van der Waals surface area (Å²) in [5.41, 5.74) is 0.749. The molecule has 1 aliphatic heterocycles. The lowest BCUT2D eigenvalue weighted by Gasteiger charge is -2.12. The molecule has 0 radical (unpaired) electrons. The number of ether oxygens (including phenoxy) is 2. The Morgan fingerprint density at radius 2 is 2.07 bits per heavy atom. The van der Waals surface area contributed by atoms with Crippen LogP contribution >= 0.6 is 0 Å². The lowest BCUT2D eigenvalue weighted by atomic mass is 9.82.